The molecule has 1 rings (SSSR count). The molecule has 2 heteroatoms. The van der Waals surface area contributed by atoms with Crippen LogP contribution in [0.3, 0.4) is 0 Å². The van der Waals surface area contributed by atoms with Gasteiger partial charge < -0.3 is 4.74 Å². The predicted octanol–water partition coefficient (Wildman–Crippen LogP) is 1.89. The summed E-state index contributed by atoms with van der Waals surface area (Å²) < 4.78 is 6.02. The Morgan fingerprint density at radius 1 is 1.75 bits per heavy atom. The molecule has 0 aliphatic carbocycles. The van der Waals surface area contributed by atoms with E-state index in [4.69, 9.17) is 4.74 Å². The summed E-state index contributed by atoms with van der Waals surface area (Å²) in [6, 6.07) is 0. The molecule has 0 aromatic carbocycles. The van der Waals surface area contributed by atoms with Crippen LogP contribution in [-0.2, 0) is 4.74 Å². The second-order valence-corrected chi connectivity index (χ2v) is 2.31. The summed E-state index contributed by atoms with van der Waals surface area (Å²) >= 11 is 2.33. The van der Waals surface area contributed by atoms with Crippen LogP contribution in [0.4, 0.5) is 0 Å². The summed E-state index contributed by atoms with van der Waals surface area (Å²) in [7, 11) is 0. The lowest BCUT2D eigenvalue weighted by Crippen LogP contribution is -1.91. The zero-order chi connectivity index (χ0) is 5.82. The van der Waals surface area contributed by atoms with Crippen molar-refractivity contribution in [3.05, 3.63) is 24.0 Å². The van der Waals surface area contributed by atoms with E-state index in [0.717, 1.165) is 11.0 Å². The van der Waals surface area contributed by atoms with Crippen LogP contribution < -0.4 is 0 Å². The van der Waals surface area contributed by atoms with Crippen LogP contribution in [0.25, 0.3) is 0 Å². The van der Waals surface area contributed by atoms with E-state index in [9.17, 15) is 0 Å². The van der Waals surface area contributed by atoms with Crippen molar-refractivity contribution in [2.24, 2.45) is 0 Å². The molecule has 44 valence electrons. The molecule has 0 saturated heterocycles. The average Bonchev–Trinajstić information content (AvgIpc) is 1.90. The molecule has 0 spiro atoms. The first-order valence-electron chi connectivity index (χ1n) is 2.46. The monoisotopic (exact) mass is 222 g/mol. The van der Waals surface area contributed by atoms with Crippen molar-refractivity contribution in [3.63, 3.8) is 0 Å². The summed E-state index contributed by atoms with van der Waals surface area (Å²) in [5.74, 6) is 0. The lowest BCUT2D eigenvalue weighted by atomic mass is 10.3. The number of hydrogen-bond donors (Lipinski definition) is 0. The van der Waals surface area contributed by atoms with Crippen LogP contribution in [0.1, 0.15) is 0 Å². The Labute approximate surface area is 62.6 Å². The molecular weight excluding hydrogens is 215 g/mol. The third-order valence-electron chi connectivity index (χ3n) is 0.974. The van der Waals surface area contributed by atoms with Gasteiger partial charge >= 0.3 is 0 Å². The molecule has 1 aliphatic rings. The van der Waals surface area contributed by atoms with Gasteiger partial charge in [-0.3, -0.25) is 0 Å². The molecule has 0 bridgehead atoms. The first-order valence-corrected chi connectivity index (χ1v) is 3.99. The lowest BCUT2D eigenvalue weighted by Gasteiger charge is -2.03. The van der Waals surface area contributed by atoms with Crippen LogP contribution in [0.2, 0.25) is 0 Å². The van der Waals surface area contributed by atoms with E-state index in [1.807, 2.05) is 6.08 Å². The Morgan fingerprint density at radius 2 is 2.62 bits per heavy atom. The minimum Gasteiger partial charge on any atom is -0.497 e. The smallest absolute Gasteiger partial charge is 0.106 e. The standard InChI is InChI=1S/C6H7IO/c7-5-6-1-3-8-4-2-6/h1-3H,4-5H2. The van der Waals surface area contributed by atoms with E-state index >= 15 is 0 Å². The topological polar surface area (TPSA) is 9.23 Å². The summed E-state index contributed by atoms with van der Waals surface area (Å²) in [4.78, 5) is 0. The zero-order valence-corrected chi connectivity index (χ0v) is 6.59. The van der Waals surface area contributed by atoms with E-state index in [1.165, 1.54) is 5.57 Å². The van der Waals surface area contributed by atoms with Crippen molar-refractivity contribution in [1.29, 1.82) is 0 Å². The third kappa shape index (κ3) is 1.51. The molecule has 0 fully saturated rings. The van der Waals surface area contributed by atoms with Gasteiger partial charge in [-0.05, 0) is 17.7 Å². The second kappa shape index (κ2) is 3.12. The van der Waals surface area contributed by atoms with Crippen LogP contribution in [0.5, 0.6) is 0 Å². The molecule has 8 heavy (non-hydrogen) atoms. The van der Waals surface area contributed by atoms with Gasteiger partial charge in [0.15, 0.2) is 0 Å². The predicted molar refractivity (Wildman–Crippen MR) is 42.1 cm³/mol. The van der Waals surface area contributed by atoms with Gasteiger partial charge in [-0.1, -0.05) is 22.6 Å². The van der Waals surface area contributed by atoms with Crippen molar-refractivity contribution < 1.29 is 4.74 Å². The van der Waals surface area contributed by atoms with Crippen molar-refractivity contribution in [2.45, 2.75) is 0 Å². The van der Waals surface area contributed by atoms with Gasteiger partial charge in [0.1, 0.15) is 6.61 Å². The molecule has 0 aromatic rings. The van der Waals surface area contributed by atoms with Gasteiger partial charge in [0.2, 0.25) is 0 Å². The number of halogens is 1. The van der Waals surface area contributed by atoms with Crippen molar-refractivity contribution in [3.8, 4) is 0 Å². The first-order chi connectivity index (χ1) is 3.93. The highest BCUT2D eigenvalue weighted by Gasteiger charge is 1.91. The average molecular weight is 222 g/mol. The third-order valence-corrected chi connectivity index (χ3v) is 1.86. The Bertz CT molecular complexity index is 126. The maximum Gasteiger partial charge on any atom is 0.106 e. The number of hydrogen-bond acceptors (Lipinski definition) is 1. The largest absolute Gasteiger partial charge is 0.497 e. The van der Waals surface area contributed by atoms with Gasteiger partial charge in [0.25, 0.3) is 0 Å². The highest BCUT2D eigenvalue weighted by atomic mass is 127. The van der Waals surface area contributed by atoms with Crippen LogP contribution in [0, 0.1) is 0 Å². The fourth-order valence-corrected chi connectivity index (χ4v) is 1.08. The molecule has 1 aliphatic heterocycles. The van der Waals surface area contributed by atoms with Gasteiger partial charge in [0, 0.05) is 4.43 Å². The maximum absolute atomic E-state index is 4.94. The fourth-order valence-electron chi connectivity index (χ4n) is 0.513. The van der Waals surface area contributed by atoms with Crippen LogP contribution >= 0.6 is 22.6 Å². The van der Waals surface area contributed by atoms with E-state index < -0.39 is 0 Å². The first kappa shape index (κ1) is 6.13. The van der Waals surface area contributed by atoms with Gasteiger partial charge in [-0.25, -0.2) is 0 Å². The van der Waals surface area contributed by atoms with Gasteiger partial charge in [0.05, 0.1) is 6.26 Å². The highest BCUT2D eigenvalue weighted by Crippen LogP contribution is 2.05. The van der Waals surface area contributed by atoms with Crippen molar-refractivity contribution in [2.75, 3.05) is 11.0 Å². The van der Waals surface area contributed by atoms with Crippen molar-refractivity contribution in [1.82, 2.24) is 0 Å². The molecular formula is C6H7IO. The molecule has 0 radical (unpaired) electrons. The van der Waals surface area contributed by atoms with Crippen LogP contribution in [-0.4, -0.2) is 11.0 Å². The normalized spacial score (nSPS) is 17.4. The molecule has 1 heterocycles. The summed E-state index contributed by atoms with van der Waals surface area (Å²) in [5, 5.41) is 0. The number of ether oxygens (including phenoxy) is 1. The Morgan fingerprint density at radius 3 is 3.00 bits per heavy atom. The summed E-state index contributed by atoms with van der Waals surface area (Å²) in [6.07, 6.45) is 5.83. The molecule has 0 amide bonds. The maximum atomic E-state index is 4.94. The van der Waals surface area contributed by atoms with E-state index in [2.05, 4.69) is 28.7 Å². The number of alkyl halides is 1. The fraction of sp³-hybridized carbons (Fsp3) is 0.333. The number of rotatable bonds is 1. The minimum atomic E-state index is 0.745. The van der Waals surface area contributed by atoms with Crippen molar-refractivity contribution >= 4 is 22.6 Å². The Hall–Kier alpha value is 0.01000. The van der Waals surface area contributed by atoms with Gasteiger partial charge in [-0.15, -0.1) is 0 Å². The highest BCUT2D eigenvalue weighted by molar-refractivity contribution is 14.1. The van der Waals surface area contributed by atoms with Crippen LogP contribution in [0.15, 0.2) is 24.0 Å². The molecule has 0 aromatic heterocycles. The molecule has 0 N–H and O–H groups in total. The summed E-state index contributed by atoms with van der Waals surface area (Å²) in [6.45, 7) is 0.745. The van der Waals surface area contributed by atoms with E-state index in [-0.39, 0.29) is 0 Å². The number of allylic oxidation sites excluding steroid dienone is 2. The molecule has 0 unspecified atom stereocenters. The molecule has 0 atom stereocenters. The minimum absolute atomic E-state index is 0.745. The quantitative estimate of drug-likeness (QED) is 0.486. The summed E-state index contributed by atoms with van der Waals surface area (Å²) in [5.41, 5.74) is 1.36. The van der Waals surface area contributed by atoms with Gasteiger partial charge in [-0.2, -0.15) is 0 Å². The second-order valence-electron chi connectivity index (χ2n) is 1.55. The van der Waals surface area contributed by atoms with E-state index in [0.29, 0.717) is 0 Å². The Kier molecular flexibility index (Phi) is 2.39. The Balaban J connectivity index is 2.51. The molecule has 0 saturated carbocycles. The van der Waals surface area contributed by atoms with E-state index in [1.54, 1.807) is 6.26 Å². The SMILES string of the molecule is ICC1=CCOC=C1. The zero-order valence-electron chi connectivity index (χ0n) is 4.43. The molecule has 1 nitrogen and oxygen atoms in total. The lowest BCUT2D eigenvalue weighted by molar-refractivity contribution is 0.284.